The van der Waals surface area contributed by atoms with E-state index in [-0.39, 0.29) is 23.1 Å². The first kappa shape index (κ1) is 19.3. The fraction of sp³-hybridized carbons (Fsp3) is 0.467. The summed E-state index contributed by atoms with van der Waals surface area (Å²) >= 11 is 1.13. The number of halogens is 3. The summed E-state index contributed by atoms with van der Waals surface area (Å²) in [5.74, 6) is -0.338. The number of benzene rings is 1. The fourth-order valence-corrected chi connectivity index (χ4v) is 2.59. The molecule has 0 aliphatic rings. The predicted molar refractivity (Wildman–Crippen MR) is 85.3 cm³/mol. The molecule has 1 aromatic carbocycles. The normalized spacial score (nSPS) is 11.2. The van der Waals surface area contributed by atoms with Gasteiger partial charge in [0.25, 0.3) is 0 Å². The van der Waals surface area contributed by atoms with Crippen LogP contribution in [0.1, 0.15) is 19.4 Å². The number of carbonyl (C=O) groups excluding carboxylic acids is 2. The zero-order valence-electron chi connectivity index (χ0n) is 12.9. The second-order valence-corrected chi connectivity index (χ2v) is 5.67. The SMILES string of the molecule is CCN(CC)C(=O)CSCC(=O)Nc1cccc(C(F)(F)F)c1. The first-order chi connectivity index (χ1) is 10.8. The molecule has 0 saturated carbocycles. The van der Waals surface area contributed by atoms with Gasteiger partial charge in [0.1, 0.15) is 0 Å². The summed E-state index contributed by atoms with van der Waals surface area (Å²) in [6.07, 6.45) is -4.45. The van der Waals surface area contributed by atoms with E-state index < -0.39 is 17.6 Å². The Morgan fingerprint density at radius 2 is 1.83 bits per heavy atom. The number of rotatable bonds is 7. The van der Waals surface area contributed by atoms with Gasteiger partial charge in [-0.1, -0.05) is 6.07 Å². The fourth-order valence-electron chi connectivity index (χ4n) is 1.87. The molecule has 23 heavy (non-hydrogen) atoms. The summed E-state index contributed by atoms with van der Waals surface area (Å²) < 4.78 is 37.7. The number of hydrogen-bond donors (Lipinski definition) is 1. The largest absolute Gasteiger partial charge is 0.416 e. The number of carbonyl (C=O) groups is 2. The maximum atomic E-state index is 12.6. The summed E-state index contributed by atoms with van der Waals surface area (Å²) in [5, 5.41) is 2.40. The van der Waals surface area contributed by atoms with Gasteiger partial charge < -0.3 is 10.2 Å². The highest BCUT2D eigenvalue weighted by Crippen LogP contribution is 2.30. The molecule has 4 nitrogen and oxygen atoms in total. The Bertz CT molecular complexity index is 546. The summed E-state index contributed by atoms with van der Waals surface area (Å²) in [6, 6.07) is 4.44. The number of anilines is 1. The lowest BCUT2D eigenvalue weighted by Gasteiger charge is -2.18. The average Bonchev–Trinajstić information content (AvgIpc) is 2.48. The Morgan fingerprint density at radius 1 is 1.17 bits per heavy atom. The summed E-state index contributed by atoms with van der Waals surface area (Å²) in [7, 11) is 0. The molecule has 0 aliphatic carbocycles. The lowest BCUT2D eigenvalue weighted by atomic mass is 10.2. The molecule has 0 aliphatic heterocycles. The highest BCUT2D eigenvalue weighted by Gasteiger charge is 2.30. The first-order valence-corrected chi connectivity index (χ1v) is 8.26. The van der Waals surface area contributed by atoms with Gasteiger partial charge in [-0.15, -0.1) is 11.8 Å². The van der Waals surface area contributed by atoms with E-state index in [9.17, 15) is 22.8 Å². The van der Waals surface area contributed by atoms with Crippen LogP contribution in [0.5, 0.6) is 0 Å². The van der Waals surface area contributed by atoms with Crippen molar-refractivity contribution in [2.24, 2.45) is 0 Å². The highest BCUT2D eigenvalue weighted by molar-refractivity contribution is 8.00. The van der Waals surface area contributed by atoms with E-state index in [0.717, 1.165) is 23.9 Å². The molecule has 128 valence electrons. The third kappa shape index (κ3) is 6.52. The van der Waals surface area contributed by atoms with Crippen LogP contribution in [-0.2, 0) is 15.8 Å². The van der Waals surface area contributed by atoms with Gasteiger partial charge in [-0.2, -0.15) is 13.2 Å². The van der Waals surface area contributed by atoms with Gasteiger partial charge in [0.15, 0.2) is 0 Å². The van der Waals surface area contributed by atoms with E-state index in [1.165, 1.54) is 12.1 Å². The molecular formula is C15H19F3N2O2S. The number of nitrogens with zero attached hydrogens (tertiary/aromatic N) is 1. The molecule has 2 amide bonds. The maximum Gasteiger partial charge on any atom is 0.416 e. The quantitative estimate of drug-likeness (QED) is 0.823. The van der Waals surface area contributed by atoms with Crippen molar-refractivity contribution in [3.63, 3.8) is 0 Å². The molecule has 8 heteroatoms. The van der Waals surface area contributed by atoms with E-state index in [1.54, 1.807) is 4.90 Å². The average molecular weight is 348 g/mol. The Morgan fingerprint density at radius 3 is 2.39 bits per heavy atom. The van der Waals surface area contributed by atoms with Gasteiger partial charge in [0.05, 0.1) is 17.1 Å². The third-order valence-electron chi connectivity index (χ3n) is 3.05. The van der Waals surface area contributed by atoms with Crippen molar-refractivity contribution in [3.8, 4) is 0 Å². The van der Waals surface area contributed by atoms with Crippen LogP contribution in [-0.4, -0.2) is 41.3 Å². The third-order valence-corrected chi connectivity index (χ3v) is 3.97. The monoisotopic (exact) mass is 348 g/mol. The molecule has 0 bridgehead atoms. The molecule has 0 atom stereocenters. The molecular weight excluding hydrogens is 329 g/mol. The second kappa shape index (κ2) is 8.81. The van der Waals surface area contributed by atoms with E-state index in [4.69, 9.17) is 0 Å². The van der Waals surface area contributed by atoms with Gasteiger partial charge in [-0.05, 0) is 32.0 Å². The lowest BCUT2D eigenvalue weighted by Crippen LogP contribution is -2.32. The number of amides is 2. The smallest absolute Gasteiger partial charge is 0.343 e. The minimum atomic E-state index is -4.45. The number of hydrogen-bond acceptors (Lipinski definition) is 3. The van der Waals surface area contributed by atoms with Crippen LogP contribution in [0.2, 0.25) is 0 Å². The van der Waals surface area contributed by atoms with Crippen LogP contribution in [0.25, 0.3) is 0 Å². The summed E-state index contributed by atoms with van der Waals surface area (Å²) in [4.78, 5) is 25.1. The molecule has 0 heterocycles. The molecule has 0 fully saturated rings. The maximum absolute atomic E-state index is 12.6. The van der Waals surface area contributed by atoms with E-state index in [2.05, 4.69) is 5.32 Å². The van der Waals surface area contributed by atoms with Crippen molar-refractivity contribution in [1.82, 2.24) is 4.90 Å². The van der Waals surface area contributed by atoms with Gasteiger partial charge in [-0.25, -0.2) is 0 Å². The van der Waals surface area contributed by atoms with Gasteiger partial charge in [-0.3, -0.25) is 9.59 Å². The minimum Gasteiger partial charge on any atom is -0.343 e. The van der Waals surface area contributed by atoms with Crippen molar-refractivity contribution in [3.05, 3.63) is 29.8 Å². The summed E-state index contributed by atoms with van der Waals surface area (Å²) in [5.41, 5.74) is -0.736. The topological polar surface area (TPSA) is 49.4 Å². The number of alkyl halides is 3. The van der Waals surface area contributed by atoms with Crippen molar-refractivity contribution < 1.29 is 22.8 Å². The molecule has 0 aromatic heterocycles. The predicted octanol–water partition coefficient (Wildman–Crippen LogP) is 3.25. The first-order valence-electron chi connectivity index (χ1n) is 7.10. The molecule has 0 spiro atoms. The van der Waals surface area contributed by atoms with Crippen molar-refractivity contribution >= 4 is 29.3 Å². The van der Waals surface area contributed by atoms with E-state index in [1.807, 2.05) is 13.8 Å². The van der Waals surface area contributed by atoms with Crippen LogP contribution in [0.15, 0.2) is 24.3 Å². The molecule has 0 saturated heterocycles. The second-order valence-electron chi connectivity index (χ2n) is 4.69. The molecule has 1 aromatic rings. The number of thioether (sulfide) groups is 1. The van der Waals surface area contributed by atoms with E-state index >= 15 is 0 Å². The lowest BCUT2D eigenvalue weighted by molar-refractivity contribution is -0.137. The van der Waals surface area contributed by atoms with Gasteiger partial charge in [0.2, 0.25) is 11.8 Å². The zero-order chi connectivity index (χ0) is 17.5. The molecule has 1 N–H and O–H groups in total. The Labute approximate surface area is 137 Å². The summed E-state index contributed by atoms with van der Waals surface area (Å²) in [6.45, 7) is 4.94. The van der Waals surface area contributed by atoms with E-state index in [0.29, 0.717) is 13.1 Å². The highest BCUT2D eigenvalue weighted by atomic mass is 32.2. The Balaban J connectivity index is 2.47. The van der Waals surface area contributed by atoms with Crippen molar-refractivity contribution in [1.29, 1.82) is 0 Å². The zero-order valence-corrected chi connectivity index (χ0v) is 13.8. The van der Waals surface area contributed by atoms with Crippen LogP contribution in [0, 0.1) is 0 Å². The Kier molecular flexibility index (Phi) is 7.41. The van der Waals surface area contributed by atoms with Gasteiger partial charge in [0, 0.05) is 18.8 Å². The van der Waals surface area contributed by atoms with Crippen LogP contribution >= 0.6 is 11.8 Å². The van der Waals surface area contributed by atoms with Crippen LogP contribution in [0.3, 0.4) is 0 Å². The molecule has 0 radical (unpaired) electrons. The standard InChI is InChI=1S/C15H19F3N2O2S/c1-3-20(4-2)14(22)10-23-9-13(21)19-12-7-5-6-11(8-12)15(16,17)18/h5-8H,3-4,9-10H2,1-2H3,(H,19,21). The van der Waals surface area contributed by atoms with Crippen molar-refractivity contribution in [2.45, 2.75) is 20.0 Å². The molecule has 0 unspecified atom stereocenters. The van der Waals surface area contributed by atoms with Crippen LogP contribution in [0.4, 0.5) is 18.9 Å². The minimum absolute atomic E-state index is 0.00323. The Hall–Kier alpha value is -1.70. The number of nitrogens with one attached hydrogen (secondary N) is 1. The van der Waals surface area contributed by atoms with Gasteiger partial charge >= 0.3 is 6.18 Å². The van der Waals surface area contributed by atoms with Crippen LogP contribution < -0.4 is 5.32 Å². The van der Waals surface area contributed by atoms with Crippen molar-refractivity contribution in [2.75, 3.05) is 29.9 Å². The molecule has 1 rings (SSSR count).